The summed E-state index contributed by atoms with van der Waals surface area (Å²) in [7, 11) is 0. The molecule has 23 heavy (non-hydrogen) atoms. The third-order valence-electron chi connectivity index (χ3n) is 6.00. The van der Waals surface area contributed by atoms with Gasteiger partial charge in [-0.1, -0.05) is 32.1 Å². The van der Waals surface area contributed by atoms with Gasteiger partial charge in [-0.05, 0) is 38.5 Å². The maximum Gasteiger partial charge on any atom is 0.315 e. The molecule has 2 atom stereocenters. The fourth-order valence-electron chi connectivity index (χ4n) is 4.53. The van der Waals surface area contributed by atoms with E-state index in [1.165, 1.54) is 32.1 Å². The van der Waals surface area contributed by atoms with Crippen LogP contribution in [0.3, 0.4) is 0 Å². The minimum atomic E-state index is -0.373. The van der Waals surface area contributed by atoms with Crippen molar-refractivity contribution in [1.29, 1.82) is 0 Å². The van der Waals surface area contributed by atoms with Crippen molar-refractivity contribution in [3.05, 3.63) is 0 Å². The molecule has 0 spiro atoms. The van der Waals surface area contributed by atoms with Gasteiger partial charge in [0.1, 0.15) is 0 Å². The lowest BCUT2D eigenvalue weighted by Crippen LogP contribution is -2.54. The number of piperidine rings is 1. The van der Waals surface area contributed by atoms with Gasteiger partial charge in [0.05, 0.1) is 12.1 Å². The van der Waals surface area contributed by atoms with Crippen molar-refractivity contribution < 1.29 is 9.90 Å². The predicted octanol–water partition coefficient (Wildman–Crippen LogP) is 2.39. The Morgan fingerprint density at radius 3 is 2.17 bits per heavy atom. The summed E-state index contributed by atoms with van der Waals surface area (Å²) >= 11 is 0. The molecule has 3 aliphatic rings. The number of rotatable bonds is 3. The molecule has 1 saturated heterocycles. The standard InChI is InChI=1S/C18H33N3O2/c22-17-9-5-4-8-16(17)20-18(23)19-14-10-12-21(13-11-14)15-6-2-1-3-7-15/h14-17,22H,1-13H2,(H2,19,20,23). The number of carbonyl (C=O) groups excluding carboxylic acids is 1. The molecule has 0 aromatic rings. The molecule has 2 aliphatic carbocycles. The molecule has 0 bridgehead atoms. The average Bonchev–Trinajstić information content (AvgIpc) is 2.58. The van der Waals surface area contributed by atoms with E-state index >= 15 is 0 Å². The van der Waals surface area contributed by atoms with Gasteiger partial charge in [-0.2, -0.15) is 0 Å². The van der Waals surface area contributed by atoms with Crippen molar-refractivity contribution in [3.63, 3.8) is 0 Å². The highest BCUT2D eigenvalue weighted by Crippen LogP contribution is 2.25. The number of aliphatic hydroxyl groups is 1. The van der Waals surface area contributed by atoms with Crippen LogP contribution in [0.15, 0.2) is 0 Å². The van der Waals surface area contributed by atoms with E-state index in [-0.39, 0.29) is 24.2 Å². The van der Waals surface area contributed by atoms with Crippen LogP contribution in [0.5, 0.6) is 0 Å². The molecule has 2 saturated carbocycles. The third-order valence-corrected chi connectivity index (χ3v) is 6.00. The van der Waals surface area contributed by atoms with E-state index in [2.05, 4.69) is 15.5 Å². The predicted molar refractivity (Wildman–Crippen MR) is 91.4 cm³/mol. The number of hydrogen-bond acceptors (Lipinski definition) is 3. The summed E-state index contributed by atoms with van der Waals surface area (Å²) in [5.74, 6) is 0. The number of hydrogen-bond donors (Lipinski definition) is 3. The SMILES string of the molecule is O=C(NC1CCN(C2CCCCC2)CC1)NC1CCCCC1O. The van der Waals surface area contributed by atoms with Crippen molar-refractivity contribution in [2.24, 2.45) is 0 Å². The van der Waals surface area contributed by atoms with Crippen LogP contribution in [0.25, 0.3) is 0 Å². The Balaban J connectivity index is 1.37. The number of carbonyl (C=O) groups is 1. The molecule has 2 unspecified atom stereocenters. The highest BCUT2D eigenvalue weighted by atomic mass is 16.3. The first-order valence-electron chi connectivity index (χ1n) is 9.71. The van der Waals surface area contributed by atoms with Gasteiger partial charge < -0.3 is 20.6 Å². The molecule has 0 aromatic heterocycles. The zero-order valence-electron chi connectivity index (χ0n) is 14.3. The quantitative estimate of drug-likeness (QED) is 0.747. The normalized spacial score (nSPS) is 31.7. The van der Waals surface area contributed by atoms with Crippen LogP contribution >= 0.6 is 0 Å². The fourth-order valence-corrected chi connectivity index (χ4v) is 4.53. The highest BCUT2D eigenvalue weighted by Gasteiger charge is 2.28. The number of nitrogens with zero attached hydrogens (tertiary/aromatic N) is 1. The van der Waals surface area contributed by atoms with E-state index in [4.69, 9.17) is 0 Å². The number of likely N-dealkylation sites (tertiary alicyclic amines) is 1. The molecule has 5 nitrogen and oxygen atoms in total. The van der Waals surface area contributed by atoms with Crippen molar-refractivity contribution in [2.45, 2.75) is 94.9 Å². The first-order valence-corrected chi connectivity index (χ1v) is 9.71. The van der Waals surface area contributed by atoms with Gasteiger partial charge in [0.25, 0.3) is 0 Å². The topological polar surface area (TPSA) is 64.6 Å². The molecule has 0 radical (unpaired) electrons. The molecular weight excluding hydrogens is 290 g/mol. The smallest absolute Gasteiger partial charge is 0.315 e. The second kappa shape index (κ2) is 8.34. The molecule has 5 heteroatoms. The Bertz CT molecular complexity index is 376. The van der Waals surface area contributed by atoms with Crippen LogP contribution in [-0.2, 0) is 0 Å². The minimum absolute atomic E-state index is 0.0638. The van der Waals surface area contributed by atoms with Crippen LogP contribution in [-0.4, -0.2) is 53.4 Å². The lowest BCUT2D eigenvalue weighted by Gasteiger charge is -2.39. The third kappa shape index (κ3) is 4.83. The second-order valence-corrected chi connectivity index (χ2v) is 7.68. The van der Waals surface area contributed by atoms with Crippen molar-refractivity contribution in [1.82, 2.24) is 15.5 Å². The highest BCUT2D eigenvalue weighted by molar-refractivity contribution is 5.74. The van der Waals surface area contributed by atoms with Crippen LogP contribution in [0, 0.1) is 0 Å². The van der Waals surface area contributed by atoms with Gasteiger partial charge in [0.2, 0.25) is 0 Å². The van der Waals surface area contributed by atoms with Crippen LogP contribution in [0.2, 0.25) is 0 Å². The summed E-state index contributed by atoms with van der Waals surface area (Å²) in [6.45, 7) is 2.23. The van der Waals surface area contributed by atoms with Crippen LogP contribution < -0.4 is 10.6 Å². The molecule has 3 fully saturated rings. The maximum absolute atomic E-state index is 12.2. The maximum atomic E-state index is 12.2. The number of aliphatic hydroxyl groups excluding tert-OH is 1. The molecule has 3 N–H and O–H groups in total. The Labute approximate surface area is 140 Å². The zero-order chi connectivity index (χ0) is 16.1. The fraction of sp³-hybridized carbons (Fsp3) is 0.944. The number of nitrogens with one attached hydrogen (secondary N) is 2. The summed E-state index contributed by atoms with van der Waals surface area (Å²) in [6, 6.07) is 0.921. The molecule has 132 valence electrons. The number of amides is 2. The van der Waals surface area contributed by atoms with Gasteiger partial charge in [0.15, 0.2) is 0 Å². The van der Waals surface area contributed by atoms with Gasteiger partial charge in [0, 0.05) is 25.2 Å². The Hall–Kier alpha value is -0.810. The van der Waals surface area contributed by atoms with Gasteiger partial charge in [-0.3, -0.25) is 0 Å². The van der Waals surface area contributed by atoms with E-state index in [0.717, 1.165) is 57.7 Å². The summed E-state index contributed by atoms with van der Waals surface area (Å²) in [5, 5.41) is 16.1. The largest absolute Gasteiger partial charge is 0.391 e. The molecule has 2 amide bonds. The van der Waals surface area contributed by atoms with E-state index in [9.17, 15) is 9.90 Å². The van der Waals surface area contributed by atoms with E-state index in [1.807, 2.05) is 0 Å². The molecule has 1 aliphatic heterocycles. The lowest BCUT2D eigenvalue weighted by atomic mass is 9.92. The second-order valence-electron chi connectivity index (χ2n) is 7.68. The average molecular weight is 323 g/mol. The Morgan fingerprint density at radius 2 is 1.48 bits per heavy atom. The first-order chi connectivity index (χ1) is 11.2. The molecule has 1 heterocycles. The molecule has 0 aromatic carbocycles. The van der Waals surface area contributed by atoms with E-state index in [1.54, 1.807) is 0 Å². The lowest BCUT2D eigenvalue weighted by molar-refractivity contribution is 0.0921. The van der Waals surface area contributed by atoms with E-state index < -0.39 is 0 Å². The van der Waals surface area contributed by atoms with Gasteiger partial charge in [-0.25, -0.2) is 4.79 Å². The zero-order valence-corrected chi connectivity index (χ0v) is 14.3. The van der Waals surface area contributed by atoms with E-state index in [0.29, 0.717) is 0 Å². The monoisotopic (exact) mass is 323 g/mol. The van der Waals surface area contributed by atoms with Crippen LogP contribution in [0.1, 0.15) is 70.6 Å². The summed E-state index contributed by atoms with van der Waals surface area (Å²) < 4.78 is 0. The molecule has 3 rings (SSSR count). The van der Waals surface area contributed by atoms with Gasteiger partial charge in [-0.15, -0.1) is 0 Å². The van der Waals surface area contributed by atoms with Crippen LogP contribution in [0.4, 0.5) is 4.79 Å². The number of urea groups is 1. The van der Waals surface area contributed by atoms with Crippen molar-refractivity contribution in [2.75, 3.05) is 13.1 Å². The summed E-state index contributed by atoms with van der Waals surface area (Å²) in [6.07, 6.45) is 12.5. The summed E-state index contributed by atoms with van der Waals surface area (Å²) in [5.41, 5.74) is 0. The van der Waals surface area contributed by atoms with Gasteiger partial charge >= 0.3 is 6.03 Å². The minimum Gasteiger partial charge on any atom is -0.391 e. The van der Waals surface area contributed by atoms with Crippen molar-refractivity contribution >= 4 is 6.03 Å². The summed E-state index contributed by atoms with van der Waals surface area (Å²) in [4.78, 5) is 14.8. The Morgan fingerprint density at radius 1 is 0.826 bits per heavy atom. The first kappa shape index (κ1) is 17.0. The van der Waals surface area contributed by atoms with Crippen molar-refractivity contribution in [3.8, 4) is 0 Å². The molecular formula is C18H33N3O2. The Kier molecular flexibility index (Phi) is 6.17.